The monoisotopic (exact) mass is 463 g/mol. The number of halogens is 1. The van der Waals surface area contributed by atoms with E-state index in [4.69, 9.17) is 24.5 Å². The molecule has 0 aromatic heterocycles. The molecule has 140 valence electrons. The average molecular weight is 463 g/mol. The maximum absolute atomic E-state index is 9.10. The summed E-state index contributed by atoms with van der Waals surface area (Å²) in [6.45, 7) is 6.69. The largest absolute Gasteiger partial charge is 0.492 e. The fraction of sp³-hybridized carbons (Fsp3) is 0.556. The molecule has 1 aliphatic rings. The van der Waals surface area contributed by atoms with E-state index in [9.17, 15) is 0 Å². The lowest BCUT2D eigenvalue weighted by Crippen LogP contribution is -2.26. The number of benzene rings is 1. The van der Waals surface area contributed by atoms with E-state index in [0.717, 1.165) is 18.8 Å². The highest BCUT2D eigenvalue weighted by molar-refractivity contribution is 14.1. The van der Waals surface area contributed by atoms with Crippen molar-refractivity contribution in [2.45, 2.75) is 39.0 Å². The second-order valence-corrected chi connectivity index (χ2v) is 7.16. The molecule has 25 heavy (non-hydrogen) atoms. The van der Waals surface area contributed by atoms with E-state index >= 15 is 0 Å². The maximum Gasteiger partial charge on any atom is 0.414 e. The third-order valence-electron chi connectivity index (χ3n) is 3.85. The summed E-state index contributed by atoms with van der Waals surface area (Å²) in [5, 5.41) is 14.8. The summed E-state index contributed by atoms with van der Waals surface area (Å²) in [6, 6.07) is 6.38. The summed E-state index contributed by atoms with van der Waals surface area (Å²) in [4.78, 5) is 20.8. The first kappa shape index (κ1) is 21.7. The van der Waals surface area contributed by atoms with Crippen LogP contribution in [0.25, 0.3) is 0 Å². The molecule has 0 aliphatic carbocycles. The molecule has 1 aromatic carbocycles. The Morgan fingerprint density at radius 1 is 1.12 bits per heavy atom. The van der Waals surface area contributed by atoms with E-state index in [1.165, 1.54) is 54.5 Å². The molecule has 0 atom stereocenters. The quantitative estimate of drug-likeness (QED) is 0.396. The van der Waals surface area contributed by atoms with Gasteiger partial charge in [0.15, 0.2) is 0 Å². The molecule has 0 saturated carbocycles. The van der Waals surface area contributed by atoms with E-state index in [2.05, 4.69) is 52.6 Å². The summed E-state index contributed by atoms with van der Waals surface area (Å²) < 4.78 is 7.10. The smallest absolute Gasteiger partial charge is 0.414 e. The minimum absolute atomic E-state index is 0.829. The van der Waals surface area contributed by atoms with E-state index in [1.54, 1.807) is 0 Å². The molecule has 1 aromatic rings. The molecular formula is C18H26INO5. The van der Waals surface area contributed by atoms with Crippen LogP contribution in [0.4, 0.5) is 0 Å². The van der Waals surface area contributed by atoms with Crippen molar-refractivity contribution in [3.8, 4) is 5.75 Å². The van der Waals surface area contributed by atoms with Crippen molar-refractivity contribution in [3.05, 3.63) is 27.3 Å². The van der Waals surface area contributed by atoms with Gasteiger partial charge < -0.3 is 19.8 Å². The summed E-state index contributed by atoms with van der Waals surface area (Å²) in [5.41, 5.74) is 1.29. The van der Waals surface area contributed by atoms with E-state index in [-0.39, 0.29) is 0 Å². The number of rotatable bonds is 5. The fourth-order valence-electron chi connectivity index (χ4n) is 2.55. The molecule has 1 fully saturated rings. The SMILES string of the molecule is Cc1ccc(OCCCN2CCCCCC2)c(I)c1.O=C(O)C(=O)O. The fourth-order valence-corrected chi connectivity index (χ4v) is 3.38. The first-order valence-corrected chi connectivity index (χ1v) is 9.55. The summed E-state index contributed by atoms with van der Waals surface area (Å²) in [6.07, 6.45) is 6.69. The molecular weight excluding hydrogens is 437 g/mol. The highest BCUT2D eigenvalue weighted by Crippen LogP contribution is 2.21. The first-order valence-electron chi connectivity index (χ1n) is 8.47. The van der Waals surface area contributed by atoms with Gasteiger partial charge in [0.1, 0.15) is 5.75 Å². The van der Waals surface area contributed by atoms with Crippen molar-refractivity contribution >= 4 is 34.5 Å². The van der Waals surface area contributed by atoms with Crippen LogP contribution >= 0.6 is 22.6 Å². The molecule has 0 spiro atoms. The van der Waals surface area contributed by atoms with E-state index in [0.29, 0.717) is 0 Å². The van der Waals surface area contributed by atoms with Crippen molar-refractivity contribution in [2.24, 2.45) is 0 Å². The van der Waals surface area contributed by atoms with E-state index in [1.807, 2.05) is 0 Å². The van der Waals surface area contributed by atoms with Crippen LogP contribution in [0.15, 0.2) is 18.2 Å². The predicted molar refractivity (Wildman–Crippen MR) is 104 cm³/mol. The minimum atomic E-state index is -1.82. The number of hydrogen-bond acceptors (Lipinski definition) is 4. The minimum Gasteiger partial charge on any atom is -0.492 e. The number of hydrogen-bond donors (Lipinski definition) is 2. The molecule has 0 unspecified atom stereocenters. The highest BCUT2D eigenvalue weighted by Gasteiger charge is 2.08. The zero-order chi connectivity index (χ0) is 18.7. The van der Waals surface area contributed by atoms with Gasteiger partial charge in [0, 0.05) is 6.54 Å². The van der Waals surface area contributed by atoms with Crippen molar-refractivity contribution in [2.75, 3.05) is 26.2 Å². The van der Waals surface area contributed by atoms with Crippen molar-refractivity contribution < 1.29 is 24.5 Å². The Kier molecular flexibility index (Phi) is 10.5. The third kappa shape index (κ3) is 9.64. The topological polar surface area (TPSA) is 87.1 Å². The Labute approximate surface area is 162 Å². The summed E-state index contributed by atoms with van der Waals surface area (Å²) >= 11 is 2.35. The van der Waals surface area contributed by atoms with Gasteiger partial charge >= 0.3 is 11.9 Å². The van der Waals surface area contributed by atoms with Crippen molar-refractivity contribution in [1.29, 1.82) is 0 Å². The number of ether oxygens (including phenoxy) is 1. The number of aliphatic carboxylic acids is 2. The number of carboxylic acid groups (broad SMARTS) is 2. The van der Waals surface area contributed by atoms with Gasteiger partial charge in [-0.15, -0.1) is 0 Å². The lowest BCUT2D eigenvalue weighted by Gasteiger charge is -2.19. The second-order valence-electron chi connectivity index (χ2n) is 6.00. The summed E-state index contributed by atoms with van der Waals surface area (Å²) in [5.74, 6) is -2.62. The van der Waals surface area contributed by atoms with Crippen LogP contribution in [0.5, 0.6) is 5.75 Å². The van der Waals surface area contributed by atoms with Gasteiger partial charge in [-0.25, -0.2) is 9.59 Å². The van der Waals surface area contributed by atoms with Gasteiger partial charge in [0.25, 0.3) is 0 Å². The zero-order valence-corrected chi connectivity index (χ0v) is 16.7. The lowest BCUT2D eigenvalue weighted by molar-refractivity contribution is -0.159. The number of carboxylic acids is 2. The van der Waals surface area contributed by atoms with Crippen LogP contribution < -0.4 is 4.74 Å². The zero-order valence-electron chi connectivity index (χ0n) is 14.5. The van der Waals surface area contributed by atoms with Crippen molar-refractivity contribution in [3.63, 3.8) is 0 Å². The second kappa shape index (κ2) is 12.1. The van der Waals surface area contributed by atoms with Crippen LogP contribution in [0, 0.1) is 10.5 Å². The van der Waals surface area contributed by atoms with Gasteiger partial charge in [0.2, 0.25) is 0 Å². The standard InChI is InChI=1S/C16H24INO.C2H2O4/c1-14-7-8-16(15(17)13-14)19-12-6-11-18-9-4-2-3-5-10-18;3-1(4)2(5)6/h7-8,13H,2-6,9-12H2,1H3;(H,3,4)(H,5,6). The average Bonchev–Trinajstić information content (AvgIpc) is 2.82. The van der Waals surface area contributed by atoms with E-state index < -0.39 is 11.9 Å². The molecule has 2 N–H and O–H groups in total. The molecule has 0 amide bonds. The van der Waals surface area contributed by atoms with Gasteiger partial charge in [-0.2, -0.15) is 0 Å². The highest BCUT2D eigenvalue weighted by atomic mass is 127. The first-order chi connectivity index (χ1) is 11.9. The molecule has 1 aliphatic heterocycles. The van der Waals surface area contributed by atoms with Gasteiger partial charge in [-0.05, 0) is 79.6 Å². The Hall–Kier alpha value is -1.35. The number of aryl methyl sites for hydroxylation is 1. The van der Waals surface area contributed by atoms with Gasteiger partial charge in [-0.1, -0.05) is 18.9 Å². The molecule has 7 heteroatoms. The molecule has 2 rings (SSSR count). The van der Waals surface area contributed by atoms with Gasteiger partial charge in [-0.3, -0.25) is 0 Å². The van der Waals surface area contributed by atoms with Crippen LogP contribution in [0.3, 0.4) is 0 Å². The molecule has 0 bridgehead atoms. The van der Waals surface area contributed by atoms with Crippen LogP contribution in [0.2, 0.25) is 0 Å². The Bertz CT molecular complexity index is 544. The Balaban J connectivity index is 0.000000450. The Morgan fingerprint density at radius 2 is 1.72 bits per heavy atom. The predicted octanol–water partition coefficient (Wildman–Crippen LogP) is 3.40. The molecule has 6 nitrogen and oxygen atoms in total. The maximum atomic E-state index is 9.10. The van der Waals surface area contributed by atoms with Gasteiger partial charge in [0.05, 0.1) is 10.2 Å². The molecule has 1 saturated heterocycles. The number of carbonyl (C=O) groups is 2. The van der Waals surface area contributed by atoms with Crippen LogP contribution in [0.1, 0.15) is 37.7 Å². The summed E-state index contributed by atoms with van der Waals surface area (Å²) in [7, 11) is 0. The van der Waals surface area contributed by atoms with Crippen molar-refractivity contribution in [1.82, 2.24) is 4.90 Å². The van der Waals surface area contributed by atoms with Crippen LogP contribution in [-0.4, -0.2) is 53.3 Å². The molecule has 1 heterocycles. The normalized spacial score (nSPS) is 14.8. The number of nitrogens with zero attached hydrogens (tertiary/aromatic N) is 1. The Morgan fingerprint density at radius 3 is 2.24 bits per heavy atom. The molecule has 0 radical (unpaired) electrons. The van der Waals surface area contributed by atoms with Crippen LogP contribution in [-0.2, 0) is 9.59 Å². The number of likely N-dealkylation sites (tertiary alicyclic amines) is 1. The third-order valence-corrected chi connectivity index (χ3v) is 4.69. The lowest BCUT2D eigenvalue weighted by atomic mass is 10.2.